The molecule has 0 radical (unpaired) electrons. The molecule has 0 aliphatic carbocycles. The van der Waals surface area contributed by atoms with Crippen LogP contribution in [0.2, 0.25) is 0 Å². The fourth-order valence-electron chi connectivity index (χ4n) is 2.20. The molecule has 0 aromatic carbocycles. The Morgan fingerprint density at radius 2 is 2.53 bits per heavy atom. The summed E-state index contributed by atoms with van der Waals surface area (Å²) >= 11 is 0. The first-order valence-electron chi connectivity index (χ1n) is 5.71. The Morgan fingerprint density at radius 1 is 1.67 bits per heavy atom. The topological polar surface area (TPSA) is 52.1 Å². The highest BCUT2D eigenvalue weighted by atomic mass is 16.3. The normalized spacial score (nSPS) is 22.4. The number of aromatic amines is 1. The van der Waals surface area contributed by atoms with Crippen molar-refractivity contribution in [3.05, 3.63) is 17.5 Å². The Kier molecular flexibility index (Phi) is 3.38. The van der Waals surface area contributed by atoms with Crippen molar-refractivity contribution in [2.75, 3.05) is 26.2 Å². The summed E-state index contributed by atoms with van der Waals surface area (Å²) in [4.78, 5) is 2.45. The van der Waals surface area contributed by atoms with Crippen molar-refractivity contribution >= 4 is 0 Å². The van der Waals surface area contributed by atoms with Crippen molar-refractivity contribution in [2.24, 2.45) is 0 Å². The van der Waals surface area contributed by atoms with E-state index in [0.29, 0.717) is 12.3 Å². The van der Waals surface area contributed by atoms with Gasteiger partial charge in [-0.15, -0.1) is 0 Å². The molecule has 84 valence electrons. The third-order valence-electron chi connectivity index (χ3n) is 3.17. The number of hydrogen-bond acceptors (Lipinski definition) is 3. The fourth-order valence-corrected chi connectivity index (χ4v) is 2.20. The minimum atomic E-state index is 0.188. The predicted octanol–water partition coefficient (Wildman–Crippen LogP) is 0.754. The summed E-state index contributed by atoms with van der Waals surface area (Å²) in [6.45, 7) is 5.82. The molecule has 1 aromatic heterocycles. The van der Waals surface area contributed by atoms with Crippen LogP contribution in [-0.4, -0.2) is 46.4 Å². The van der Waals surface area contributed by atoms with Gasteiger partial charge in [0.15, 0.2) is 0 Å². The van der Waals surface area contributed by atoms with Crippen LogP contribution in [0, 0.1) is 0 Å². The molecular weight excluding hydrogens is 190 g/mol. The molecule has 0 saturated carbocycles. The minimum Gasteiger partial charge on any atom is -0.396 e. The molecule has 1 aliphatic heterocycles. The Morgan fingerprint density at radius 3 is 3.20 bits per heavy atom. The molecule has 2 heterocycles. The van der Waals surface area contributed by atoms with E-state index in [0.717, 1.165) is 24.5 Å². The first kappa shape index (κ1) is 10.6. The van der Waals surface area contributed by atoms with Crippen LogP contribution in [0.1, 0.15) is 30.7 Å². The highest BCUT2D eigenvalue weighted by Crippen LogP contribution is 2.25. The number of rotatable bonds is 4. The quantitative estimate of drug-likeness (QED) is 0.769. The average molecular weight is 209 g/mol. The van der Waals surface area contributed by atoms with Gasteiger partial charge in [-0.1, -0.05) is 6.92 Å². The summed E-state index contributed by atoms with van der Waals surface area (Å²) in [6.07, 6.45) is 1.88. The molecule has 0 amide bonds. The van der Waals surface area contributed by atoms with Crippen LogP contribution < -0.4 is 0 Å². The molecule has 2 N–H and O–H groups in total. The summed E-state index contributed by atoms with van der Waals surface area (Å²) < 4.78 is 0. The fraction of sp³-hybridized carbons (Fsp3) is 0.727. The van der Waals surface area contributed by atoms with Crippen LogP contribution >= 0.6 is 0 Å². The van der Waals surface area contributed by atoms with Gasteiger partial charge >= 0.3 is 0 Å². The van der Waals surface area contributed by atoms with E-state index in [1.807, 2.05) is 0 Å². The summed E-state index contributed by atoms with van der Waals surface area (Å²) in [7, 11) is 0. The van der Waals surface area contributed by atoms with E-state index < -0.39 is 0 Å². The number of aliphatic hydroxyl groups excluding tert-OH is 1. The standard InChI is InChI=1S/C11H19N3O/c1-2-14-5-3-9(8-14)11-7-10(4-6-15)12-13-11/h7,9,15H,2-6,8H2,1H3,(H,12,13)/t9-/m1/s1. The molecule has 1 aliphatic rings. The Labute approximate surface area is 90.3 Å². The second-order valence-corrected chi connectivity index (χ2v) is 4.17. The average Bonchev–Trinajstić information content (AvgIpc) is 2.85. The third kappa shape index (κ3) is 2.38. The zero-order valence-electron chi connectivity index (χ0n) is 9.24. The molecule has 0 unspecified atom stereocenters. The maximum absolute atomic E-state index is 8.82. The molecule has 1 aromatic rings. The summed E-state index contributed by atoms with van der Waals surface area (Å²) in [5.41, 5.74) is 2.21. The number of H-pyrrole nitrogens is 1. The largest absolute Gasteiger partial charge is 0.396 e. The molecule has 1 saturated heterocycles. The van der Waals surface area contributed by atoms with Gasteiger partial charge in [0.1, 0.15) is 0 Å². The number of likely N-dealkylation sites (tertiary alicyclic amines) is 1. The molecule has 4 nitrogen and oxygen atoms in total. The number of hydrogen-bond donors (Lipinski definition) is 2. The highest BCUT2D eigenvalue weighted by Gasteiger charge is 2.24. The van der Waals surface area contributed by atoms with Gasteiger partial charge in [0.2, 0.25) is 0 Å². The van der Waals surface area contributed by atoms with Crippen molar-refractivity contribution in [2.45, 2.75) is 25.7 Å². The smallest absolute Gasteiger partial charge is 0.0669 e. The van der Waals surface area contributed by atoms with Gasteiger partial charge in [-0.25, -0.2) is 0 Å². The van der Waals surface area contributed by atoms with Crippen LogP contribution in [0.3, 0.4) is 0 Å². The molecule has 2 rings (SSSR count). The first-order chi connectivity index (χ1) is 7.33. The zero-order valence-corrected chi connectivity index (χ0v) is 9.24. The third-order valence-corrected chi connectivity index (χ3v) is 3.17. The number of nitrogens with one attached hydrogen (secondary N) is 1. The molecular formula is C11H19N3O. The Balaban J connectivity index is 1.97. The molecule has 1 fully saturated rings. The molecule has 0 bridgehead atoms. The van der Waals surface area contributed by atoms with E-state index in [9.17, 15) is 0 Å². The highest BCUT2D eigenvalue weighted by molar-refractivity contribution is 5.15. The number of nitrogens with zero attached hydrogens (tertiary/aromatic N) is 2. The van der Waals surface area contributed by atoms with Crippen molar-refractivity contribution in [3.63, 3.8) is 0 Å². The van der Waals surface area contributed by atoms with Crippen LogP contribution in [0.4, 0.5) is 0 Å². The maximum atomic E-state index is 8.82. The Hall–Kier alpha value is -0.870. The van der Waals surface area contributed by atoms with E-state index in [4.69, 9.17) is 5.11 Å². The second kappa shape index (κ2) is 4.77. The van der Waals surface area contributed by atoms with Gasteiger partial charge < -0.3 is 10.0 Å². The zero-order chi connectivity index (χ0) is 10.7. The molecule has 15 heavy (non-hydrogen) atoms. The molecule has 1 atom stereocenters. The lowest BCUT2D eigenvalue weighted by atomic mass is 10.0. The van der Waals surface area contributed by atoms with Crippen LogP contribution in [-0.2, 0) is 6.42 Å². The van der Waals surface area contributed by atoms with Crippen LogP contribution in [0.25, 0.3) is 0 Å². The summed E-state index contributed by atoms with van der Waals surface area (Å²) in [5, 5.41) is 16.1. The van der Waals surface area contributed by atoms with Crippen molar-refractivity contribution in [1.29, 1.82) is 0 Å². The van der Waals surface area contributed by atoms with E-state index >= 15 is 0 Å². The second-order valence-electron chi connectivity index (χ2n) is 4.17. The lowest BCUT2D eigenvalue weighted by Crippen LogP contribution is -2.19. The van der Waals surface area contributed by atoms with Crippen LogP contribution in [0.5, 0.6) is 0 Å². The van der Waals surface area contributed by atoms with Crippen molar-refractivity contribution in [3.8, 4) is 0 Å². The first-order valence-corrected chi connectivity index (χ1v) is 5.71. The van der Waals surface area contributed by atoms with E-state index in [1.165, 1.54) is 13.0 Å². The minimum absolute atomic E-state index is 0.188. The van der Waals surface area contributed by atoms with Gasteiger partial charge in [0.25, 0.3) is 0 Å². The van der Waals surface area contributed by atoms with E-state index in [2.05, 4.69) is 28.1 Å². The molecule has 0 spiro atoms. The van der Waals surface area contributed by atoms with Crippen LogP contribution in [0.15, 0.2) is 6.07 Å². The maximum Gasteiger partial charge on any atom is 0.0669 e. The lowest BCUT2D eigenvalue weighted by molar-refractivity contribution is 0.298. The molecule has 4 heteroatoms. The predicted molar refractivity (Wildman–Crippen MR) is 58.8 cm³/mol. The number of aromatic nitrogens is 2. The van der Waals surface area contributed by atoms with Gasteiger partial charge in [0.05, 0.1) is 5.69 Å². The van der Waals surface area contributed by atoms with Gasteiger partial charge in [0, 0.05) is 31.2 Å². The Bertz CT molecular complexity index is 311. The van der Waals surface area contributed by atoms with Gasteiger partial charge in [-0.3, -0.25) is 5.10 Å². The van der Waals surface area contributed by atoms with Crippen molar-refractivity contribution in [1.82, 2.24) is 15.1 Å². The lowest BCUT2D eigenvalue weighted by Gasteiger charge is -2.11. The SMILES string of the molecule is CCN1CC[C@@H](c2cc(CCO)[nH]n2)C1. The number of aliphatic hydroxyl groups is 1. The van der Waals surface area contributed by atoms with Gasteiger partial charge in [-0.2, -0.15) is 5.10 Å². The summed E-state index contributed by atoms with van der Waals surface area (Å²) in [6, 6.07) is 2.10. The van der Waals surface area contributed by atoms with E-state index in [1.54, 1.807) is 0 Å². The number of likely N-dealkylation sites (N-methyl/N-ethyl adjacent to an activating group) is 1. The summed E-state index contributed by atoms with van der Waals surface area (Å²) in [5.74, 6) is 0.577. The monoisotopic (exact) mass is 209 g/mol. The van der Waals surface area contributed by atoms with Gasteiger partial charge in [-0.05, 0) is 25.6 Å². The van der Waals surface area contributed by atoms with E-state index in [-0.39, 0.29) is 6.61 Å². The van der Waals surface area contributed by atoms with Crippen molar-refractivity contribution < 1.29 is 5.11 Å².